The Balaban J connectivity index is 1.55. The molecule has 0 saturated heterocycles. The molecular formula is C32H36N4O8. The van der Waals surface area contributed by atoms with Gasteiger partial charge in [-0.25, -0.2) is 0 Å². The average Bonchev–Trinajstić information content (AvgIpc) is 2.93. The number of primary amides is 1. The predicted octanol–water partition coefficient (Wildman–Crippen LogP) is 0.965. The second-order valence-corrected chi connectivity index (χ2v) is 12.2. The minimum atomic E-state index is -2.68. The Morgan fingerprint density at radius 1 is 1.02 bits per heavy atom. The summed E-state index contributed by atoms with van der Waals surface area (Å²) >= 11 is 0. The third-order valence-corrected chi connectivity index (χ3v) is 8.82. The first-order valence-corrected chi connectivity index (χ1v) is 14.2. The van der Waals surface area contributed by atoms with Crippen LogP contribution in [0.3, 0.4) is 0 Å². The maximum atomic E-state index is 14.0. The topological polar surface area (TPSA) is 194 Å². The standard InChI is InChI=1S/C32H36N4O8/c1-35(2)14-22(38)34-13-15-5-7-16(8-6-15)18-9-10-21(37)24-19(18)11-17-12-20-26(36(3)4)28(40)25(31(33)43)30(42)32(20,44)29(41)23(17)27(24)39/h5-10,17,20,26,37,40-41,44H,11-14H2,1-4H3,(H2,33,43)(H,34,38)/t17-,20-,26+,32-/m0/s1. The number of aliphatic hydroxyl groups is 3. The molecule has 0 unspecified atom stereocenters. The summed E-state index contributed by atoms with van der Waals surface area (Å²) in [5.41, 5.74) is 4.43. The number of hydrogen-bond donors (Lipinski definition) is 6. The van der Waals surface area contributed by atoms with Gasteiger partial charge in [-0.1, -0.05) is 30.3 Å². The van der Waals surface area contributed by atoms with Crippen LogP contribution in [0.15, 0.2) is 59.1 Å². The largest absolute Gasteiger partial charge is 0.510 e. The van der Waals surface area contributed by atoms with Crippen LogP contribution in [-0.4, -0.2) is 100.0 Å². The molecule has 5 rings (SSSR count). The van der Waals surface area contributed by atoms with E-state index in [2.05, 4.69) is 5.32 Å². The maximum Gasteiger partial charge on any atom is 0.255 e. The van der Waals surface area contributed by atoms with Crippen molar-refractivity contribution in [1.29, 1.82) is 0 Å². The van der Waals surface area contributed by atoms with Gasteiger partial charge in [-0.05, 0) is 75.3 Å². The molecule has 0 heterocycles. The zero-order valence-electron chi connectivity index (χ0n) is 24.9. The van der Waals surface area contributed by atoms with Gasteiger partial charge in [-0.3, -0.25) is 24.1 Å². The van der Waals surface area contributed by atoms with Crippen molar-refractivity contribution < 1.29 is 39.6 Å². The fourth-order valence-electron chi connectivity index (χ4n) is 6.87. The molecule has 0 saturated carbocycles. The molecule has 12 heteroatoms. The van der Waals surface area contributed by atoms with Gasteiger partial charge in [0.1, 0.15) is 22.8 Å². The van der Waals surface area contributed by atoms with Crippen molar-refractivity contribution in [1.82, 2.24) is 15.1 Å². The van der Waals surface area contributed by atoms with Gasteiger partial charge in [-0.2, -0.15) is 0 Å². The van der Waals surface area contributed by atoms with Gasteiger partial charge in [0.2, 0.25) is 11.7 Å². The van der Waals surface area contributed by atoms with Crippen LogP contribution in [-0.2, 0) is 27.3 Å². The third kappa shape index (κ3) is 4.84. The number of carbonyl (C=O) groups is 4. The number of Topliss-reactive ketones (excluding diaryl/α,β-unsaturated/α-hetero) is 2. The minimum Gasteiger partial charge on any atom is -0.510 e. The number of nitrogens with zero attached hydrogens (tertiary/aromatic N) is 2. The Hall–Kier alpha value is -4.52. The molecule has 0 bridgehead atoms. The summed E-state index contributed by atoms with van der Waals surface area (Å²) in [5.74, 6) is -7.00. The van der Waals surface area contributed by atoms with E-state index in [-0.39, 0.29) is 42.2 Å². The van der Waals surface area contributed by atoms with E-state index in [1.165, 1.54) is 11.0 Å². The Morgan fingerprint density at radius 3 is 2.27 bits per heavy atom. The SMILES string of the molecule is CN(C)CC(=O)NCc1ccc(-c2ccc(O)c3c2C[C@H]2C[C@H]4[C@@H](N(C)C)C(O)=C(C(N)=O)C(=O)[C@@]4(O)C(O)=C2C3=O)cc1. The molecule has 0 fully saturated rings. The first-order chi connectivity index (χ1) is 20.7. The van der Waals surface area contributed by atoms with Crippen LogP contribution in [0.4, 0.5) is 0 Å². The van der Waals surface area contributed by atoms with Crippen molar-refractivity contribution in [2.24, 2.45) is 17.6 Å². The lowest BCUT2D eigenvalue weighted by Gasteiger charge is -2.50. The van der Waals surface area contributed by atoms with Crippen molar-refractivity contribution in [3.8, 4) is 16.9 Å². The van der Waals surface area contributed by atoms with Crippen molar-refractivity contribution >= 4 is 23.4 Å². The van der Waals surface area contributed by atoms with Crippen LogP contribution in [0.5, 0.6) is 5.75 Å². The van der Waals surface area contributed by atoms with Crippen molar-refractivity contribution in [3.05, 3.63) is 75.8 Å². The molecule has 0 aliphatic heterocycles. The molecule has 232 valence electrons. The number of aromatic hydroxyl groups is 1. The zero-order valence-corrected chi connectivity index (χ0v) is 24.9. The molecule has 3 aliphatic rings. The Kier molecular flexibility index (Phi) is 7.87. The monoisotopic (exact) mass is 604 g/mol. The van der Waals surface area contributed by atoms with Crippen LogP contribution >= 0.6 is 0 Å². The number of nitrogens with two attached hydrogens (primary N) is 1. The normalized spacial score (nSPS) is 24.8. The fourth-order valence-corrected chi connectivity index (χ4v) is 6.87. The summed E-state index contributed by atoms with van der Waals surface area (Å²) in [7, 11) is 6.78. The van der Waals surface area contributed by atoms with Gasteiger partial charge in [0.15, 0.2) is 11.4 Å². The number of carbonyl (C=O) groups excluding carboxylic acids is 4. The number of benzene rings is 2. The molecule has 2 aromatic carbocycles. The second kappa shape index (κ2) is 11.2. The molecule has 4 atom stereocenters. The molecule has 2 aromatic rings. The van der Waals surface area contributed by atoms with E-state index in [0.717, 1.165) is 11.1 Å². The summed E-state index contributed by atoms with van der Waals surface area (Å²) in [6.07, 6.45) is 0.188. The Labute approximate surface area is 254 Å². The number of amides is 2. The van der Waals surface area contributed by atoms with Gasteiger partial charge in [0.25, 0.3) is 5.91 Å². The highest BCUT2D eigenvalue weighted by atomic mass is 16.3. The average molecular weight is 605 g/mol. The van der Waals surface area contributed by atoms with Gasteiger partial charge < -0.3 is 36.4 Å². The number of allylic oxidation sites excluding steroid dienone is 1. The van der Waals surface area contributed by atoms with Crippen molar-refractivity contribution in [2.45, 2.75) is 31.0 Å². The summed E-state index contributed by atoms with van der Waals surface area (Å²) in [6, 6.07) is 9.42. The molecule has 3 aliphatic carbocycles. The minimum absolute atomic E-state index is 0.00639. The highest BCUT2D eigenvalue weighted by Gasteiger charge is 2.63. The van der Waals surface area contributed by atoms with E-state index in [4.69, 9.17) is 5.73 Å². The van der Waals surface area contributed by atoms with Gasteiger partial charge in [-0.15, -0.1) is 0 Å². The quantitative estimate of drug-likeness (QED) is 0.248. The highest BCUT2D eigenvalue weighted by molar-refractivity contribution is 6.24. The maximum absolute atomic E-state index is 14.0. The Bertz CT molecular complexity index is 1640. The zero-order chi connectivity index (χ0) is 32.2. The number of aliphatic hydroxyl groups excluding tert-OH is 2. The molecule has 2 amide bonds. The predicted molar refractivity (Wildman–Crippen MR) is 160 cm³/mol. The summed E-state index contributed by atoms with van der Waals surface area (Å²) in [4.78, 5) is 54.9. The number of fused-ring (bicyclic) bond motifs is 3. The van der Waals surface area contributed by atoms with Crippen LogP contribution in [0.1, 0.15) is 27.9 Å². The smallest absolute Gasteiger partial charge is 0.255 e. The lowest BCUT2D eigenvalue weighted by Crippen LogP contribution is -2.63. The number of likely N-dealkylation sites (N-methyl/N-ethyl adjacent to an activating group) is 2. The number of hydrogen-bond acceptors (Lipinski definition) is 10. The van der Waals surface area contributed by atoms with Crippen molar-refractivity contribution in [3.63, 3.8) is 0 Å². The van der Waals surface area contributed by atoms with Gasteiger partial charge >= 0.3 is 0 Å². The number of ketones is 2. The number of nitrogens with one attached hydrogen (secondary N) is 1. The summed E-state index contributed by atoms with van der Waals surface area (Å²) in [5, 5.41) is 47.8. The van der Waals surface area contributed by atoms with E-state index >= 15 is 0 Å². The molecule has 0 spiro atoms. The van der Waals surface area contributed by atoms with E-state index in [1.54, 1.807) is 39.2 Å². The van der Waals surface area contributed by atoms with Crippen LogP contribution in [0, 0.1) is 11.8 Å². The first-order valence-electron chi connectivity index (χ1n) is 14.2. The van der Waals surface area contributed by atoms with Gasteiger partial charge in [0, 0.05) is 18.0 Å². The number of phenolic OH excluding ortho intramolecular Hbond substituents is 1. The lowest BCUT2D eigenvalue weighted by atomic mass is 9.58. The molecule has 0 radical (unpaired) electrons. The third-order valence-electron chi connectivity index (χ3n) is 8.82. The fraction of sp³-hybridized carbons (Fsp3) is 0.375. The van der Waals surface area contributed by atoms with Crippen molar-refractivity contribution in [2.75, 3.05) is 34.7 Å². The van der Waals surface area contributed by atoms with Crippen LogP contribution < -0.4 is 11.1 Å². The second-order valence-electron chi connectivity index (χ2n) is 12.2. The Morgan fingerprint density at radius 2 is 1.68 bits per heavy atom. The first kappa shape index (κ1) is 30.9. The molecule has 0 aromatic heterocycles. The number of rotatable bonds is 7. The number of phenols is 1. The summed E-state index contributed by atoms with van der Waals surface area (Å²) < 4.78 is 0. The van der Waals surface area contributed by atoms with Crippen LogP contribution in [0.2, 0.25) is 0 Å². The van der Waals surface area contributed by atoms with Crippen LogP contribution in [0.25, 0.3) is 11.1 Å². The van der Waals surface area contributed by atoms with E-state index in [9.17, 15) is 39.6 Å². The highest BCUT2D eigenvalue weighted by Crippen LogP contribution is 2.53. The lowest BCUT2D eigenvalue weighted by molar-refractivity contribution is -0.148. The van der Waals surface area contributed by atoms with Gasteiger partial charge in [0.05, 0.1) is 18.2 Å². The summed E-state index contributed by atoms with van der Waals surface area (Å²) in [6.45, 7) is 0.603. The van der Waals surface area contributed by atoms with E-state index < -0.39 is 58.0 Å². The van der Waals surface area contributed by atoms with E-state index in [1.807, 2.05) is 24.3 Å². The molecular weight excluding hydrogens is 568 g/mol. The molecule has 12 nitrogen and oxygen atoms in total. The molecule has 44 heavy (non-hydrogen) atoms. The molecule has 7 N–H and O–H groups in total. The van der Waals surface area contributed by atoms with E-state index in [0.29, 0.717) is 17.7 Å².